The number of nitrogens with two attached hydrogens (primary N) is 1. The maximum Gasteiger partial charge on any atom is 0.119 e. The molecule has 0 saturated heterocycles. The first-order valence-corrected chi connectivity index (χ1v) is 6.37. The van der Waals surface area contributed by atoms with Crippen molar-refractivity contribution in [2.24, 2.45) is 5.73 Å². The highest BCUT2D eigenvalue weighted by Gasteiger charge is 2.21. The van der Waals surface area contributed by atoms with Gasteiger partial charge in [-0.3, -0.25) is 0 Å². The molecule has 96 valence electrons. The minimum Gasteiger partial charge on any atom is -0.508 e. The molecule has 0 fully saturated rings. The molecule has 1 aromatic carbocycles. The Labute approximate surface area is 105 Å². The van der Waals surface area contributed by atoms with Gasteiger partial charge in [0.2, 0.25) is 0 Å². The molecule has 1 atom stereocenters. The van der Waals surface area contributed by atoms with Crippen LogP contribution in [0.25, 0.3) is 0 Å². The predicted octanol–water partition coefficient (Wildman–Crippen LogP) is 3.80. The van der Waals surface area contributed by atoms with Gasteiger partial charge in [0.25, 0.3) is 0 Å². The SMILES string of the molecule is CCCC(N)c1cc(C(C)(C)C)c(O)cc1C. The number of benzene rings is 1. The van der Waals surface area contributed by atoms with Crippen molar-refractivity contribution in [1.82, 2.24) is 0 Å². The van der Waals surface area contributed by atoms with E-state index in [-0.39, 0.29) is 11.5 Å². The van der Waals surface area contributed by atoms with Crippen molar-refractivity contribution < 1.29 is 5.11 Å². The highest BCUT2D eigenvalue weighted by molar-refractivity contribution is 5.45. The molecular weight excluding hydrogens is 210 g/mol. The lowest BCUT2D eigenvalue weighted by Crippen LogP contribution is -2.16. The molecule has 17 heavy (non-hydrogen) atoms. The molecule has 0 aliphatic carbocycles. The third-order valence-corrected chi connectivity index (χ3v) is 3.19. The van der Waals surface area contributed by atoms with E-state index in [1.54, 1.807) is 0 Å². The van der Waals surface area contributed by atoms with E-state index in [1.807, 2.05) is 13.0 Å². The summed E-state index contributed by atoms with van der Waals surface area (Å²) in [4.78, 5) is 0. The topological polar surface area (TPSA) is 46.2 Å². The minimum atomic E-state index is -0.0571. The van der Waals surface area contributed by atoms with Crippen LogP contribution in [0, 0.1) is 6.92 Å². The van der Waals surface area contributed by atoms with E-state index >= 15 is 0 Å². The van der Waals surface area contributed by atoms with Crippen molar-refractivity contribution in [3.8, 4) is 5.75 Å². The Kier molecular flexibility index (Phi) is 4.21. The summed E-state index contributed by atoms with van der Waals surface area (Å²) in [5.41, 5.74) is 9.35. The average molecular weight is 235 g/mol. The quantitative estimate of drug-likeness (QED) is 0.837. The van der Waals surface area contributed by atoms with Crippen LogP contribution in [0.5, 0.6) is 5.75 Å². The van der Waals surface area contributed by atoms with Crippen LogP contribution in [0.4, 0.5) is 0 Å². The van der Waals surface area contributed by atoms with Crippen LogP contribution < -0.4 is 5.73 Å². The lowest BCUT2D eigenvalue weighted by atomic mass is 9.83. The summed E-state index contributed by atoms with van der Waals surface area (Å²) >= 11 is 0. The standard InChI is InChI=1S/C15H25NO/c1-6-7-13(16)11-9-12(15(3,4)5)14(17)8-10(11)2/h8-9,13,17H,6-7,16H2,1-5H3. The molecule has 1 unspecified atom stereocenters. The van der Waals surface area contributed by atoms with Gasteiger partial charge in [0.1, 0.15) is 5.75 Å². The molecule has 1 rings (SSSR count). The van der Waals surface area contributed by atoms with Gasteiger partial charge in [-0.15, -0.1) is 0 Å². The Hall–Kier alpha value is -1.02. The van der Waals surface area contributed by atoms with Gasteiger partial charge in [-0.1, -0.05) is 34.1 Å². The van der Waals surface area contributed by atoms with Gasteiger partial charge in [0, 0.05) is 6.04 Å². The monoisotopic (exact) mass is 235 g/mol. The molecule has 0 aliphatic heterocycles. The lowest BCUT2D eigenvalue weighted by Gasteiger charge is -2.24. The van der Waals surface area contributed by atoms with E-state index in [4.69, 9.17) is 5.73 Å². The van der Waals surface area contributed by atoms with Crippen molar-refractivity contribution >= 4 is 0 Å². The number of aryl methyl sites for hydroxylation is 1. The van der Waals surface area contributed by atoms with E-state index in [2.05, 4.69) is 33.8 Å². The summed E-state index contributed by atoms with van der Waals surface area (Å²) in [5.74, 6) is 0.377. The minimum absolute atomic E-state index is 0.0571. The fourth-order valence-electron chi connectivity index (χ4n) is 2.18. The summed E-state index contributed by atoms with van der Waals surface area (Å²) < 4.78 is 0. The second-order valence-electron chi connectivity index (χ2n) is 5.87. The van der Waals surface area contributed by atoms with Crippen LogP contribution in [-0.2, 0) is 5.41 Å². The first-order chi connectivity index (χ1) is 7.77. The van der Waals surface area contributed by atoms with Crippen LogP contribution in [0.2, 0.25) is 0 Å². The Morgan fingerprint density at radius 2 is 1.88 bits per heavy atom. The predicted molar refractivity (Wildman–Crippen MR) is 73.4 cm³/mol. The van der Waals surface area contributed by atoms with Crippen molar-refractivity contribution in [3.05, 3.63) is 28.8 Å². The summed E-state index contributed by atoms with van der Waals surface area (Å²) in [6.07, 6.45) is 2.06. The Balaban J connectivity index is 3.24. The molecule has 0 amide bonds. The molecule has 0 aromatic heterocycles. The smallest absolute Gasteiger partial charge is 0.119 e. The highest BCUT2D eigenvalue weighted by Crippen LogP contribution is 2.34. The third kappa shape index (κ3) is 3.22. The first kappa shape index (κ1) is 14.0. The van der Waals surface area contributed by atoms with Crippen molar-refractivity contribution in [2.45, 2.75) is 58.9 Å². The fraction of sp³-hybridized carbons (Fsp3) is 0.600. The Morgan fingerprint density at radius 3 is 2.35 bits per heavy atom. The van der Waals surface area contributed by atoms with Gasteiger partial charge in [0.15, 0.2) is 0 Å². The van der Waals surface area contributed by atoms with Gasteiger partial charge in [0.05, 0.1) is 0 Å². The maximum atomic E-state index is 10.0. The average Bonchev–Trinajstić information content (AvgIpc) is 2.15. The first-order valence-electron chi connectivity index (χ1n) is 6.37. The second kappa shape index (κ2) is 5.09. The Morgan fingerprint density at radius 1 is 1.29 bits per heavy atom. The van der Waals surface area contributed by atoms with E-state index in [0.717, 1.165) is 29.5 Å². The van der Waals surface area contributed by atoms with Gasteiger partial charge >= 0.3 is 0 Å². The molecule has 0 bridgehead atoms. The van der Waals surface area contributed by atoms with Crippen LogP contribution in [-0.4, -0.2) is 5.11 Å². The highest BCUT2D eigenvalue weighted by atomic mass is 16.3. The molecule has 2 heteroatoms. The Bertz CT molecular complexity index is 391. The van der Waals surface area contributed by atoms with Gasteiger partial charge < -0.3 is 10.8 Å². The van der Waals surface area contributed by atoms with Crippen molar-refractivity contribution in [2.75, 3.05) is 0 Å². The summed E-state index contributed by atoms with van der Waals surface area (Å²) in [6, 6.07) is 3.98. The van der Waals surface area contributed by atoms with Crippen molar-refractivity contribution in [1.29, 1.82) is 0 Å². The molecule has 0 radical (unpaired) electrons. The number of rotatable bonds is 3. The van der Waals surface area contributed by atoms with Crippen LogP contribution in [0.1, 0.15) is 63.3 Å². The van der Waals surface area contributed by atoms with Crippen molar-refractivity contribution in [3.63, 3.8) is 0 Å². The molecule has 0 aliphatic rings. The molecule has 0 saturated carbocycles. The normalized spacial score (nSPS) is 13.8. The largest absolute Gasteiger partial charge is 0.508 e. The van der Waals surface area contributed by atoms with Gasteiger partial charge in [-0.25, -0.2) is 0 Å². The molecule has 1 aromatic rings. The van der Waals surface area contributed by atoms with E-state index < -0.39 is 0 Å². The van der Waals surface area contributed by atoms with E-state index in [9.17, 15) is 5.11 Å². The summed E-state index contributed by atoms with van der Waals surface area (Å²) in [5, 5.41) is 10.0. The third-order valence-electron chi connectivity index (χ3n) is 3.19. The zero-order valence-electron chi connectivity index (χ0n) is 11.7. The van der Waals surface area contributed by atoms with Crippen LogP contribution in [0.3, 0.4) is 0 Å². The lowest BCUT2D eigenvalue weighted by molar-refractivity contribution is 0.445. The molecular formula is C15H25NO. The summed E-state index contributed by atoms with van der Waals surface area (Å²) in [6.45, 7) is 10.5. The second-order valence-corrected chi connectivity index (χ2v) is 5.87. The van der Waals surface area contributed by atoms with Gasteiger partial charge in [-0.05, 0) is 47.6 Å². The number of hydrogen-bond acceptors (Lipinski definition) is 2. The number of phenols is 1. The molecule has 2 nitrogen and oxygen atoms in total. The van der Waals surface area contributed by atoms with E-state index in [1.165, 1.54) is 0 Å². The van der Waals surface area contributed by atoms with Crippen LogP contribution in [0.15, 0.2) is 12.1 Å². The summed E-state index contributed by atoms with van der Waals surface area (Å²) in [7, 11) is 0. The molecule has 0 heterocycles. The number of aromatic hydroxyl groups is 1. The zero-order valence-corrected chi connectivity index (χ0v) is 11.7. The van der Waals surface area contributed by atoms with E-state index in [0.29, 0.717) is 5.75 Å². The number of phenolic OH excluding ortho intramolecular Hbond substituents is 1. The maximum absolute atomic E-state index is 10.0. The molecule has 0 spiro atoms. The van der Waals surface area contributed by atoms with Crippen LogP contribution >= 0.6 is 0 Å². The van der Waals surface area contributed by atoms with Gasteiger partial charge in [-0.2, -0.15) is 0 Å². The fourth-order valence-corrected chi connectivity index (χ4v) is 2.18. The number of hydrogen-bond donors (Lipinski definition) is 2. The zero-order chi connectivity index (χ0) is 13.2. The molecule has 3 N–H and O–H groups in total.